The second kappa shape index (κ2) is 6.53. The summed E-state index contributed by atoms with van der Waals surface area (Å²) in [5, 5.41) is 5.28. The van der Waals surface area contributed by atoms with Crippen molar-refractivity contribution < 1.29 is 9.18 Å². The van der Waals surface area contributed by atoms with Gasteiger partial charge in [-0.15, -0.1) is 11.3 Å². The normalized spacial score (nSPS) is 10.6. The van der Waals surface area contributed by atoms with E-state index < -0.39 is 0 Å². The number of carbonyl (C=O) groups excluding carboxylic acids is 1. The number of aromatic nitrogens is 2. The first-order valence-corrected chi connectivity index (χ1v) is 7.72. The van der Waals surface area contributed by atoms with Gasteiger partial charge in [0.05, 0.1) is 0 Å². The molecule has 2 aromatic heterocycles. The first-order valence-electron chi connectivity index (χ1n) is 6.84. The molecule has 0 unspecified atom stereocenters. The van der Waals surface area contributed by atoms with E-state index >= 15 is 0 Å². The number of rotatable bonds is 5. The largest absolute Gasteiger partial charge is 0.350 e. The third-order valence-corrected chi connectivity index (χ3v) is 3.99. The summed E-state index contributed by atoms with van der Waals surface area (Å²) in [5.41, 5.74) is 1.25. The maximum atomic E-state index is 13.1. The molecule has 0 saturated carbocycles. The second-order valence-corrected chi connectivity index (χ2v) is 5.58. The lowest BCUT2D eigenvalue weighted by Gasteiger charge is -2.03. The van der Waals surface area contributed by atoms with Crippen LogP contribution in [0.3, 0.4) is 0 Å². The zero-order valence-corrected chi connectivity index (χ0v) is 12.5. The standard InChI is InChI=1S/C16H14FN3OS/c17-13-5-3-4-12(10-13)6-7-18-15(21)14-11-22-16(19-14)20-8-1-2-9-20/h1-5,8-11H,6-7H2,(H,18,21). The Hall–Kier alpha value is -2.47. The Balaban J connectivity index is 1.56. The monoisotopic (exact) mass is 315 g/mol. The maximum Gasteiger partial charge on any atom is 0.270 e. The van der Waals surface area contributed by atoms with Gasteiger partial charge in [0, 0.05) is 24.3 Å². The van der Waals surface area contributed by atoms with Crippen molar-refractivity contribution in [2.24, 2.45) is 0 Å². The van der Waals surface area contributed by atoms with Crippen molar-refractivity contribution in [3.05, 3.63) is 71.2 Å². The lowest BCUT2D eigenvalue weighted by Crippen LogP contribution is -2.26. The van der Waals surface area contributed by atoms with Crippen molar-refractivity contribution in [3.8, 4) is 5.13 Å². The van der Waals surface area contributed by atoms with E-state index in [-0.39, 0.29) is 11.7 Å². The molecule has 0 radical (unpaired) electrons. The van der Waals surface area contributed by atoms with Crippen molar-refractivity contribution in [2.75, 3.05) is 6.54 Å². The quantitative estimate of drug-likeness (QED) is 0.786. The lowest BCUT2D eigenvalue weighted by atomic mass is 10.1. The van der Waals surface area contributed by atoms with Gasteiger partial charge in [-0.05, 0) is 36.2 Å². The minimum absolute atomic E-state index is 0.217. The Morgan fingerprint density at radius 1 is 1.27 bits per heavy atom. The molecule has 0 aliphatic carbocycles. The Morgan fingerprint density at radius 2 is 2.09 bits per heavy atom. The van der Waals surface area contributed by atoms with Crippen LogP contribution in [0.5, 0.6) is 0 Å². The summed E-state index contributed by atoms with van der Waals surface area (Å²) in [6.45, 7) is 0.443. The van der Waals surface area contributed by atoms with Gasteiger partial charge < -0.3 is 9.88 Å². The highest BCUT2D eigenvalue weighted by atomic mass is 32.1. The van der Waals surface area contributed by atoms with Crippen molar-refractivity contribution in [3.63, 3.8) is 0 Å². The van der Waals surface area contributed by atoms with Crippen molar-refractivity contribution >= 4 is 17.2 Å². The first-order chi connectivity index (χ1) is 10.7. The molecule has 0 spiro atoms. The van der Waals surface area contributed by atoms with E-state index in [2.05, 4.69) is 10.3 Å². The van der Waals surface area contributed by atoms with Gasteiger partial charge >= 0.3 is 0 Å². The minimum atomic E-state index is -0.264. The van der Waals surface area contributed by atoms with Crippen LogP contribution in [0.1, 0.15) is 16.1 Å². The summed E-state index contributed by atoms with van der Waals surface area (Å²) < 4.78 is 14.9. The van der Waals surface area contributed by atoms with Crippen LogP contribution in [0.25, 0.3) is 5.13 Å². The number of benzene rings is 1. The molecule has 2 heterocycles. The van der Waals surface area contributed by atoms with E-state index in [9.17, 15) is 9.18 Å². The molecule has 1 N–H and O–H groups in total. The number of hydrogen-bond acceptors (Lipinski definition) is 3. The van der Waals surface area contributed by atoms with Gasteiger partial charge in [0.1, 0.15) is 11.5 Å². The third kappa shape index (κ3) is 3.40. The van der Waals surface area contributed by atoms with Crippen LogP contribution in [-0.4, -0.2) is 22.0 Å². The number of carbonyl (C=O) groups is 1. The minimum Gasteiger partial charge on any atom is -0.350 e. The molecule has 6 heteroatoms. The predicted molar refractivity (Wildman–Crippen MR) is 83.9 cm³/mol. The molecular weight excluding hydrogens is 301 g/mol. The fourth-order valence-electron chi connectivity index (χ4n) is 2.05. The smallest absolute Gasteiger partial charge is 0.270 e. The first kappa shape index (κ1) is 14.5. The Kier molecular flexibility index (Phi) is 4.29. The summed E-state index contributed by atoms with van der Waals surface area (Å²) >= 11 is 1.41. The lowest BCUT2D eigenvalue weighted by molar-refractivity contribution is 0.0950. The molecule has 0 aliphatic heterocycles. The average molecular weight is 315 g/mol. The molecule has 22 heavy (non-hydrogen) atoms. The van der Waals surface area contributed by atoms with Gasteiger partial charge in [0.2, 0.25) is 0 Å². The highest BCUT2D eigenvalue weighted by molar-refractivity contribution is 7.12. The Bertz CT molecular complexity index is 767. The van der Waals surface area contributed by atoms with Crippen LogP contribution in [0.2, 0.25) is 0 Å². The maximum absolute atomic E-state index is 13.1. The van der Waals surface area contributed by atoms with Crippen LogP contribution < -0.4 is 5.32 Å². The zero-order valence-electron chi connectivity index (χ0n) is 11.7. The van der Waals surface area contributed by atoms with Crippen LogP contribution in [0.4, 0.5) is 4.39 Å². The SMILES string of the molecule is O=C(NCCc1cccc(F)c1)c1csc(-n2cccc2)n1. The molecule has 0 bridgehead atoms. The summed E-state index contributed by atoms with van der Waals surface area (Å²) in [6.07, 6.45) is 4.34. The number of hydrogen-bond donors (Lipinski definition) is 1. The van der Waals surface area contributed by atoms with Crippen LogP contribution in [-0.2, 0) is 6.42 Å². The number of halogens is 1. The molecule has 0 atom stereocenters. The molecular formula is C16H14FN3OS. The molecule has 112 valence electrons. The van der Waals surface area contributed by atoms with Gasteiger partial charge in [-0.25, -0.2) is 9.37 Å². The molecule has 1 aromatic carbocycles. The van der Waals surface area contributed by atoms with Crippen molar-refractivity contribution in [2.45, 2.75) is 6.42 Å². The number of nitrogens with zero attached hydrogens (tertiary/aromatic N) is 2. The fraction of sp³-hybridized carbons (Fsp3) is 0.125. The molecule has 1 amide bonds. The zero-order chi connectivity index (χ0) is 15.4. The second-order valence-electron chi connectivity index (χ2n) is 4.74. The molecule has 0 fully saturated rings. The van der Waals surface area contributed by atoms with Crippen LogP contribution in [0, 0.1) is 5.82 Å². The van der Waals surface area contributed by atoms with E-state index in [1.807, 2.05) is 35.2 Å². The number of nitrogens with one attached hydrogen (secondary N) is 1. The van der Waals surface area contributed by atoms with Gasteiger partial charge in [-0.1, -0.05) is 12.1 Å². The topological polar surface area (TPSA) is 46.9 Å². The van der Waals surface area contributed by atoms with Crippen LogP contribution in [0.15, 0.2) is 54.2 Å². The fourth-order valence-corrected chi connectivity index (χ4v) is 2.82. The number of thiazole rings is 1. The van der Waals surface area contributed by atoms with E-state index in [4.69, 9.17) is 0 Å². The van der Waals surface area contributed by atoms with E-state index in [0.717, 1.165) is 10.7 Å². The summed E-state index contributed by atoms with van der Waals surface area (Å²) in [7, 11) is 0. The molecule has 3 rings (SSSR count). The summed E-state index contributed by atoms with van der Waals surface area (Å²) in [5.74, 6) is -0.481. The van der Waals surface area contributed by atoms with Gasteiger partial charge in [0.15, 0.2) is 5.13 Å². The van der Waals surface area contributed by atoms with E-state index in [0.29, 0.717) is 18.7 Å². The highest BCUT2D eigenvalue weighted by Crippen LogP contribution is 2.14. The number of amides is 1. The van der Waals surface area contributed by atoms with Gasteiger partial charge in [0.25, 0.3) is 5.91 Å². The molecule has 0 aliphatic rings. The van der Waals surface area contributed by atoms with E-state index in [1.165, 1.54) is 23.5 Å². The Labute approximate surface area is 131 Å². The van der Waals surface area contributed by atoms with Gasteiger partial charge in [-0.3, -0.25) is 4.79 Å². The van der Waals surface area contributed by atoms with E-state index in [1.54, 1.807) is 11.4 Å². The van der Waals surface area contributed by atoms with Gasteiger partial charge in [-0.2, -0.15) is 0 Å². The molecule has 3 aromatic rings. The summed E-state index contributed by atoms with van der Waals surface area (Å²) in [6, 6.07) is 10.2. The Morgan fingerprint density at radius 3 is 2.86 bits per heavy atom. The molecule has 4 nitrogen and oxygen atoms in total. The summed E-state index contributed by atoms with van der Waals surface area (Å²) in [4.78, 5) is 16.3. The van der Waals surface area contributed by atoms with Crippen molar-refractivity contribution in [1.82, 2.24) is 14.9 Å². The predicted octanol–water partition coefficient (Wildman–Crippen LogP) is 3.05. The van der Waals surface area contributed by atoms with Crippen LogP contribution >= 0.6 is 11.3 Å². The van der Waals surface area contributed by atoms with Crippen molar-refractivity contribution in [1.29, 1.82) is 0 Å². The highest BCUT2D eigenvalue weighted by Gasteiger charge is 2.10. The molecule has 0 saturated heterocycles. The third-order valence-electron chi connectivity index (χ3n) is 3.14. The average Bonchev–Trinajstić information content (AvgIpc) is 3.18.